The Bertz CT molecular complexity index is 568. The number of hydrogen-bond donors (Lipinski definition) is 0. The lowest BCUT2D eigenvalue weighted by molar-refractivity contribution is 0.0908. The Kier molecular flexibility index (Phi) is 4.62. The summed E-state index contributed by atoms with van der Waals surface area (Å²) in [4.78, 5) is 14.1. The van der Waals surface area contributed by atoms with Gasteiger partial charge in [-0.2, -0.15) is 0 Å². The van der Waals surface area contributed by atoms with E-state index < -0.39 is 9.84 Å². The maximum absolute atomic E-state index is 12.1. The minimum absolute atomic E-state index is 0.0440. The van der Waals surface area contributed by atoms with Crippen LogP contribution in [-0.2, 0) is 9.84 Å². The van der Waals surface area contributed by atoms with Crippen LogP contribution in [0.5, 0.6) is 0 Å². The van der Waals surface area contributed by atoms with Gasteiger partial charge >= 0.3 is 0 Å². The van der Waals surface area contributed by atoms with Gasteiger partial charge in [-0.05, 0) is 41.6 Å². The van der Waals surface area contributed by atoms with Crippen molar-refractivity contribution in [3.63, 3.8) is 0 Å². The molecule has 0 bridgehead atoms. The zero-order valence-corrected chi connectivity index (χ0v) is 13.6. The van der Waals surface area contributed by atoms with Crippen LogP contribution in [0.1, 0.15) is 17.3 Å². The number of ketones is 1. The zero-order valence-electron chi connectivity index (χ0n) is 10.7. The molecule has 0 aromatic heterocycles. The molecule has 1 saturated heterocycles. The standard InChI is InChI=1S/C13H16INO3S/c1-10-9-19(17,18)7-6-15(10)8-13(16)11-2-4-12(14)5-3-11/h2-5,10H,6-9H2,1H3. The zero-order chi connectivity index (χ0) is 14.0. The molecule has 104 valence electrons. The van der Waals surface area contributed by atoms with Crippen molar-refractivity contribution in [2.24, 2.45) is 0 Å². The Balaban J connectivity index is 2.02. The van der Waals surface area contributed by atoms with Crippen molar-refractivity contribution in [3.05, 3.63) is 33.4 Å². The predicted octanol–water partition coefficient (Wildman–Crippen LogP) is 1.59. The van der Waals surface area contributed by atoms with E-state index >= 15 is 0 Å². The highest BCUT2D eigenvalue weighted by molar-refractivity contribution is 14.1. The van der Waals surface area contributed by atoms with E-state index in [9.17, 15) is 13.2 Å². The van der Waals surface area contributed by atoms with E-state index in [2.05, 4.69) is 22.6 Å². The van der Waals surface area contributed by atoms with Crippen molar-refractivity contribution >= 4 is 38.2 Å². The van der Waals surface area contributed by atoms with Crippen LogP contribution in [0.4, 0.5) is 0 Å². The number of Topliss-reactive ketones (excluding diaryl/α,β-unsaturated/α-hetero) is 1. The fraction of sp³-hybridized carbons (Fsp3) is 0.462. The molecule has 0 radical (unpaired) electrons. The summed E-state index contributed by atoms with van der Waals surface area (Å²) >= 11 is 2.19. The van der Waals surface area contributed by atoms with E-state index in [0.717, 1.165) is 3.57 Å². The van der Waals surface area contributed by atoms with Crippen molar-refractivity contribution < 1.29 is 13.2 Å². The molecule has 0 saturated carbocycles. The molecule has 1 heterocycles. The van der Waals surface area contributed by atoms with Gasteiger partial charge in [0.15, 0.2) is 15.6 Å². The number of halogens is 1. The van der Waals surface area contributed by atoms with Gasteiger partial charge in [-0.1, -0.05) is 12.1 Å². The number of hydrogen-bond acceptors (Lipinski definition) is 4. The van der Waals surface area contributed by atoms with Crippen LogP contribution in [0.15, 0.2) is 24.3 Å². The number of carbonyl (C=O) groups is 1. The molecule has 0 aliphatic carbocycles. The normalized spacial score (nSPS) is 23.2. The molecule has 1 aromatic rings. The fourth-order valence-electron chi connectivity index (χ4n) is 2.18. The predicted molar refractivity (Wildman–Crippen MR) is 83.2 cm³/mol. The third kappa shape index (κ3) is 4.00. The summed E-state index contributed by atoms with van der Waals surface area (Å²) in [7, 11) is -2.92. The highest BCUT2D eigenvalue weighted by Gasteiger charge is 2.29. The molecule has 1 aliphatic heterocycles. The first-order chi connectivity index (χ1) is 8.87. The minimum atomic E-state index is -2.92. The molecule has 0 spiro atoms. The van der Waals surface area contributed by atoms with Gasteiger partial charge in [0.05, 0.1) is 18.1 Å². The summed E-state index contributed by atoms with van der Waals surface area (Å²) in [6, 6.07) is 7.34. The molecule has 0 N–H and O–H groups in total. The molecule has 1 unspecified atom stereocenters. The first kappa shape index (κ1) is 14.9. The highest BCUT2D eigenvalue weighted by atomic mass is 127. The van der Waals surface area contributed by atoms with Crippen molar-refractivity contribution in [3.8, 4) is 0 Å². The first-order valence-electron chi connectivity index (χ1n) is 6.10. The lowest BCUT2D eigenvalue weighted by Crippen LogP contribution is -2.48. The van der Waals surface area contributed by atoms with Gasteiger partial charge in [0, 0.05) is 21.7 Å². The summed E-state index contributed by atoms with van der Waals surface area (Å²) in [5.74, 6) is 0.340. The summed E-state index contributed by atoms with van der Waals surface area (Å²) in [5.41, 5.74) is 0.682. The van der Waals surface area contributed by atoms with E-state index in [-0.39, 0.29) is 29.9 Å². The summed E-state index contributed by atoms with van der Waals surface area (Å²) < 4.78 is 24.1. The summed E-state index contributed by atoms with van der Waals surface area (Å²) in [6.45, 7) is 2.59. The SMILES string of the molecule is CC1CS(=O)(=O)CCN1CC(=O)c1ccc(I)cc1. The highest BCUT2D eigenvalue weighted by Crippen LogP contribution is 2.13. The van der Waals surface area contributed by atoms with E-state index in [4.69, 9.17) is 0 Å². The molecule has 6 heteroatoms. The lowest BCUT2D eigenvalue weighted by Gasteiger charge is -2.32. The maximum Gasteiger partial charge on any atom is 0.176 e. The number of sulfone groups is 1. The molecule has 1 fully saturated rings. The summed E-state index contributed by atoms with van der Waals surface area (Å²) in [6.07, 6.45) is 0. The van der Waals surface area contributed by atoms with Gasteiger partial charge in [0.1, 0.15) is 0 Å². The lowest BCUT2D eigenvalue weighted by atomic mass is 10.1. The quantitative estimate of drug-likeness (QED) is 0.578. The molecule has 1 atom stereocenters. The first-order valence-corrected chi connectivity index (χ1v) is 9.01. The van der Waals surface area contributed by atoms with Crippen molar-refractivity contribution in [2.75, 3.05) is 24.6 Å². The van der Waals surface area contributed by atoms with Crippen LogP contribution in [0, 0.1) is 3.57 Å². The average molecular weight is 393 g/mol. The van der Waals surface area contributed by atoms with Crippen LogP contribution in [-0.4, -0.2) is 49.7 Å². The Morgan fingerprint density at radius 2 is 2.00 bits per heavy atom. The Morgan fingerprint density at radius 1 is 1.37 bits per heavy atom. The van der Waals surface area contributed by atoms with Crippen molar-refractivity contribution in [1.29, 1.82) is 0 Å². The van der Waals surface area contributed by atoms with Gasteiger partial charge in [0.25, 0.3) is 0 Å². The molecular formula is C13H16INO3S. The third-order valence-corrected chi connectivity index (χ3v) is 5.83. The topological polar surface area (TPSA) is 54.5 Å². The average Bonchev–Trinajstić information content (AvgIpc) is 2.33. The van der Waals surface area contributed by atoms with Crippen LogP contribution in [0.3, 0.4) is 0 Å². The van der Waals surface area contributed by atoms with Gasteiger partial charge in [-0.25, -0.2) is 8.42 Å². The van der Waals surface area contributed by atoms with Crippen LogP contribution < -0.4 is 0 Å². The number of rotatable bonds is 3. The fourth-order valence-corrected chi connectivity index (χ4v) is 4.16. The number of carbonyl (C=O) groups excluding carboxylic acids is 1. The second kappa shape index (κ2) is 5.88. The van der Waals surface area contributed by atoms with Crippen molar-refractivity contribution in [1.82, 2.24) is 4.90 Å². The third-order valence-electron chi connectivity index (χ3n) is 3.32. The monoisotopic (exact) mass is 393 g/mol. The van der Waals surface area contributed by atoms with Gasteiger partial charge in [-0.15, -0.1) is 0 Å². The summed E-state index contributed by atoms with van der Waals surface area (Å²) in [5, 5.41) is 0. The smallest absolute Gasteiger partial charge is 0.176 e. The minimum Gasteiger partial charge on any atom is -0.293 e. The van der Waals surface area contributed by atoms with E-state index in [1.807, 2.05) is 36.1 Å². The molecule has 19 heavy (non-hydrogen) atoms. The molecule has 2 rings (SSSR count). The van der Waals surface area contributed by atoms with Crippen LogP contribution in [0.2, 0.25) is 0 Å². The van der Waals surface area contributed by atoms with Crippen molar-refractivity contribution in [2.45, 2.75) is 13.0 Å². The Morgan fingerprint density at radius 3 is 2.58 bits per heavy atom. The van der Waals surface area contributed by atoms with Crippen LogP contribution >= 0.6 is 22.6 Å². The van der Waals surface area contributed by atoms with E-state index in [1.165, 1.54) is 0 Å². The largest absolute Gasteiger partial charge is 0.293 e. The molecular weight excluding hydrogens is 377 g/mol. The number of benzene rings is 1. The molecule has 1 aliphatic rings. The maximum atomic E-state index is 12.1. The van der Waals surface area contributed by atoms with E-state index in [0.29, 0.717) is 12.1 Å². The Labute approximate surface area is 127 Å². The van der Waals surface area contributed by atoms with Gasteiger partial charge < -0.3 is 0 Å². The molecule has 4 nitrogen and oxygen atoms in total. The van der Waals surface area contributed by atoms with Gasteiger partial charge in [0.2, 0.25) is 0 Å². The molecule has 1 aromatic carbocycles. The molecule has 0 amide bonds. The number of nitrogens with zero attached hydrogens (tertiary/aromatic N) is 1. The second-order valence-electron chi connectivity index (χ2n) is 4.86. The second-order valence-corrected chi connectivity index (χ2v) is 8.34. The van der Waals surface area contributed by atoms with Gasteiger partial charge in [-0.3, -0.25) is 9.69 Å². The van der Waals surface area contributed by atoms with Crippen LogP contribution in [0.25, 0.3) is 0 Å². The Hall–Kier alpha value is -0.470. The van der Waals surface area contributed by atoms with E-state index in [1.54, 1.807) is 0 Å².